The van der Waals surface area contributed by atoms with Crippen molar-refractivity contribution in [2.24, 2.45) is 4.99 Å². The number of benzene rings is 2. The van der Waals surface area contributed by atoms with Gasteiger partial charge in [0.05, 0.1) is 12.2 Å². The van der Waals surface area contributed by atoms with Crippen LogP contribution in [0.25, 0.3) is 0 Å². The highest BCUT2D eigenvalue weighted by molar-refractivity contribution is 5.89. The van der Waals surface area contributed by atoms with Crippen molar-refractivity contribution in [1.82, 2.24) is 10.6 Å². The summed E-state index contributed by atoms with van der Waals surface area (Å²) in [7, 11) is 1.58. The summed E-state index contributed by atoms with van der Waals surface area (Å²) in [5.74, 6) is -0.888. The monoisotopic (exact) mass is 361 g/mol. The Morgan fingerprint density at radius 3 is 2.42 bits per heavy atom. The first kappa shape index (κ1) is 19.4. The predicted octanol–water partition coefficient (Wildman–Crippen LogP) is 3.01. The number of hydrogen-bond donors (Lipinski definition) is 2. The van der Waals surface area contributed by atoms with Crippen molar-refractivity contribution in [2.75, 3.05) is 13.7 Å². The maximum absolute atomic E-state index is 13.6. The number of nitrogens with zero attached hydrogens (tertiary/aromatic N) is 1. The second-order valence-corrected chi connectivity index (χ2v) is 5.43. The standard InChI is InChI=1S/C19H21F2N3O2/c1-3-26-18(25)14-6-4-13(5-7-14)11-23-19(22-2)24-12-15-10-16(20)8-9-17(15)21/h4-10H,3,11-12H2,1-2H3,(H2,22,23,24). The first-order valence-electron chi connectivity index (χ1n) is 8.18. The predicted molar refractivity (Wildman–Crippen MR) is 95.8 cm³/mol. The zero-order valence-electron chi connectivity index (χ0n) is 14.7. The van der Waals surface area contributed by atoms with Crippen LogP contribution in [0.1, 0.15) is 28.4 Å². The van der Waals surface area contributed by atoms with Crippen molar-refractivity contribution in [3.63, 3.8) is 0 Å². The molecule has 26 heavy (non-hydrogen) atoms. The van der Waals surface area contributed by atoms with Gasteiger partial charge in [-0.2, -0.15) is 0 Å². The largest absolute Gasteiger partial charge is 0.462 e. The molecule has 0 aliphatic carbocycles. The highest BCUT2D eigenvalue weighted by Crippen LogP contribution is 2.09. The molecule has 0 aliphatic heterocycles. The SMILES string of the molecule is CCOC(=O)c1ccc(CNC(=NC)NCc2cc(F)ccc2F)cc1. The number of carbonyl (C=O) groups is 1. The Morgan fingerprint density at radius 2 is 1.77 bits per heavy atom. The van der Waals surface area contributed by atoms with E-state index in [1.807, 2.05) is 0 Å². The van der Waals surface area contributed by atoms with Gasteiger partial charge in [0.1, 0.15) is 11.6 Å². The Labute approximate surface area is 151 Å². The number of guanidine groups is 1. The van der Waals surface area contributed by atoms with Crippen molar-refractivity contribution in [3.8, 4) is 0 Å². The summed E-state index contributed by atoms with van der Waals surface area (Å²) in [6.07, 6.45) is 0. The second kappa shape index (κ2) is 9.50. The number of hydrogen-bond acceptors (Lipinski definition) is 3. The third kappa shape index (κ3) is 5.54. The van der Waals surface area contributed by atoms with Crippen molar-refractivity contribution >= 4 is 11.9 Å². The van der Waals surface area contributed by atoms with Crippen LogP contribution in [-0.4, -0.2) is 25.6 Å². The van der Waals surface area contributed by atoms with Crippen molar-refractivity contribution in [3.05, 3.63) is 70.8 Å². The fourth-order valence-corrected chi connectivity index (χ4v) is 2.24. The summed E-state index contributed by atoms with van der Waals surface area (Å²) in [5.41, 5.74) is 1.63. The van der Waals surface area contributed by atoms with Crippen LogP contribution in [0, 0.1) is 11.6 Å². The first-order valence-corrected chi connectivity index (χ1v) is 8.18. The zero-order valence-corrected chi connectivity index (χ0v) is 14.7. The maximum Gasteiger partial charge on any atom is 0.338 e. The van der Waals surface area contributed by atoms with Gasteiger partial charge in [-0.3, -0.25) is 4.99 Å². The van der Waals surface area contributed by atoms with Gasteiger partial charge in [0.15, 0.2) is 5.96 Å². The van der Waals surface area contributed by atoms with Gasteiger partial charge in [0.25, 0.3) is 0 Å². The van der Waals surface area contributed by atoms with Crippen LogP contribution in [-0.2, 0) is 17.8 Å². The van der Waals surface area contributed by atoms with E-state index in [-0.39, 0.29) is 18.1 Å². The summed E-state index contributed by atoms with van der Waals surface area (Å²) in [5, 5.41) is 6.00. The van der Waals surface area contributed by atoms with E-state index in [2.05, 4.69) is 15.6 Å². The Morgan fingerprint density at radius 1 is 1.08 bits per heavy atom. The van der Waals surface area contributed by atoms with E-state index in [1.54, 1.807) is 38.2 Å². The molecule has 0 saturated heterocycles. The molecule has 2 rings (SSSR count). The molecule has 0 fully saturated rings. The smallest absolute Gasteiger partial charge is 0.338 e. The molecule has 0 amide bonds. The third-order valence-corrected chi connectivity index (χ3v) is 3.60. The molecule has 0 aliphatic rings. The van der Waals surface area contributed by atoms with Crippen molar-refractivity contribution in [2.45, 2.75) is 20.0 Å². The summed E-state index contributed by atoms with van der Waals surface area (Å²) in [6, 6.07) is 10.3. The van der Waals surface area contributed by atoms with Crippen molar-refractivity contribution < 1.29 is 18.3 Å². The van der Waals surface area contributed by atoms with Crippen LogP contribution in [0.4, 0.5) is 8.78 Å². The van der Waals surface area contributed by atoms with Crippen molar-refractivity contribution in [1.29, 1.82) is 0 Å². The normalized spacial score (nSPS) is 11.2. The van der Waals surface area contributed by atoms with Gasteiger partial charge in [-0.1, -0.05) is 12.1 Å². The molecule has 0 unspecified atom stereocenters. The van der Waals surface area contributed by atoms with E-state index in [1.165, 1.54) is 0 Å². The van der Waals surface area contributed by atoms with Gasteiger partial charge in [-0.25, -0.2) is 13.6 Å². The van der Waals surface area contributed by atoms with E-state index < -0.39 is 11.6 Å². The van der Waals surface area contributed by atoms with E-state index in [0.29, 0.717) is 24.7 Å². The van der Waals surface area contributed by atoms with Crippen LogP contribution >= 0.6 is 0 Å². The quantitative estimate of drug-likeness (QED) is 0.472. The molecule has 0 saturated carbocycles. The average molecular weight is 361 g/mol. The molecule has 2 N–H and O–H groups in total. The highest BCUT2D eigenvalue weighted by atomic mass is 19.1. The Kier molecular flexibility index (Phi) is 7.08. The second-order valence-electron chi connectivity index (χ2n) is 5.43. The number of rotatable bonds is 6. The first-order chi connectivity index (χ1) is 12.5. The van der Waals surface area contributed by atoms with Crippen LogP contribution in [0.5, 0.6) is 0 Å². The zero-order chi connectivity index (χ0) is 18.9. The molecule has 0 aromatic heterocycles. The van der Waals surface area contributed by atoms with Crippen LogP contribution in [0.3, 0.4) is 0 Å². The minimum atomic E-state index is -0.493. The van der Waals surface area contributed by atoms with Gasteiger partial charge >= 0.3 is 5.97 Å². The summed E-state index contributed by atoms with van der Waals surface area (Å²) < 4.78 is 31.7. The van der Waals surface area contributed by atoms with E-state index >= 15 is 0 Å². The van der Waals surface area contributed by atoms with Gasteiger partial charge in [0.2, 0.25) is 0 Å². The molecule has 138 valence electrons. The van der Waals surface area contributed by atoms with E-state index in [4.69, 9.17) is 4.74 Å². The minimum Gasteiger partial charge on any atom is -0.462 e. The van der Waals surface area contributed by atoms with Crippen LogP contribution < -0.4 is 10.6 Å². The van der Waals surface area contributed by atoms with Gasteiger partial charge < -0.3 is 15.4 Å². The van der Waals surface area contributed by atoms with Gasteiger partial charge in [0, 0.05) is 25.7 Å². The molecule has 5 nitrogen and oxygen atoms in total. The Balaban J connectivity index is 1.88. The average Bonchev–Trinajstić information content (AvgIpc) is 2.65. The molecular weight excluding hydrogens is 340 g/mol. The summed E-state index contributed by atoms with van der Waals surface area (Å²) in [6.45, 7) is 2.64. The molecule has 0 bridgehead atoms. The minimum absolute atomic E-state index is 0.102. The number of aliphatic imine (C=N–C) groups is 1. The summed E-state index contributed by atoms with van der Waals surface area (Å²) >= 11 is 0. The molecule has 2 aromatic carbocycles. The fourth-order valence-electron chi connectivity index (χ4n) is 2.24. The van der Waals surface area contributed by atoms with E-state index in [0.717, 1.165) is 23.8 Å². The number of esters is 1. The highest BCUT2D eigenvalue weighted by Gasteiger charge is 2.07. The molecular formula is C19H21F2N3O2. The van der Waals surface area contributed by atoms with E-state index in [9.17, 15) is 13.6 Å². The molecule has 7 heteroatoms. The summed E-state index contributed by atoms with van der Waals surface area (Å²) in [4.78, 5) is 15.7. The number of halogens is 2. The number of carbonyl (C=O) groups excluding carboxylic acids is 1. The Hall–Kier alpha value is -2.96. The lowest BCUT2D eigenvalue weighted by Crippen LogP contribution is -2.36. The topological polar surface area (TPSA) is 62.7 Å². The molecule has 0 heterocycles. The lowest BCUT2D eigenvalue weighted by molar-refractivity contribution is 0.0526. The van der Waals surface area contributed by atoms with Gasteiger partial charge in [-0.15, -0.1) is 0 Å². The molecule has 0 radical (unpaired) electrons. The van der Waals surface area contributed by atoms with Crippen LogP contribution in [0.2, 0.25) is 0 Å². The lowest BCUT2D eigenvalue weighted by Gasteiger charge is -2.13. The van der Waals surface area contributed by atoms with Gasteiger partial charge in [-0.05, 0) is 42.8 Å². The van der Waals surface area contributed by atoms with Crippen LogP contribution in [0.15, 0.2) is 47.5 Å². The fraction of sp³-hybridized carbons (Fsp3) is 0.263. The number of ether oxygens (including phenoxy) is 1. The molecule has 0 atom stereocenters. The maximum atomic E-state index is 13.6. The number of nitrogens with one attached hydrogen (secondary N) is 2. The lowest BCUT2D eigenvalue weighted by atomic mass is 10.1. The molecule has 0 spiro atoms. The Bertz CT molecular complexity index is 777. The molecule has 2 aromatic rings. The third-order valence-electron chi connectivity index (χ3n) is 3.60.